The zero-order chi connectivity index (χ0) is 13.6. The van der Waals surface area contributed by atoms with Gasteiger partial charge < -0.3 is 14.9 Å². The van der Waals surface area contributed by atoms with E-state index >= 15 is 0 Å². The average molecular weight is 256 g/mol. The number of halogens is 1. The Bertz CT molecular complexity index is 404. The van der Waals surface area contributed by atoms with Crippen molar-refractivity contribution in [2.75, 3.05) is 6.61 Å². The Morgan fingerprint density at radius 1 is 1.17 bits per heavy atom. The number of carboxylic acid groups (broad SMARTS) is 2. The van der Waals surface area contributed by atoms with Gasteiger partial charge in [0.05, 0.1) is 13.2 Å². The predicted octanol–water partition coefficient (Wildman–Crippen LogP) is 1.47. The van der Waals surface area contributed by atoms with Crippen molar-refractivity contribution in [3.63, 3.8) is 0 Å². The summed E-state index contributed by atoms with van der Waals surface area (Å²) < 4.78 is 18.5. The van der Waals surface area contributed by atoms with Crippen molar-refractivity contribution in [1.29, 1.82) is 0 Å². The smallest absolute Gasteiger partial charge is 0.353 e. The van der Waals surface area contributed by atoms with E-state index in [2.05, 4.69) is 0 Å². The normalized spacial score (nSPS) is 11.2. The van der Waals surface area contributed by atoms with E-state index < -0.39 is 24.0 Å². The van der Waals surface area contributed by atoms with Crippen LogP contribution < -0.4 is 0 Å². The van der Waals surface area contributed by atoms with Gasteiger partial charge in [-0.1, -0.05) is 30.3 Å². The van der Waals surface area contributed by atoms with Gasteiger partial charge in [-0.25, -0.2) is 14.0 Å². The van der Waals surface area contributed by atoms with Crippen molar-refractivity contribution in [3.8, 4) is 0 Å². The summed E-state index contributed by atoms with van der Waals surface area (Å²) in [5, 5.41) is 17.0. The molecule has 0 saturated heterocycles. The largest absolute Gasteiger partial charge is 0.478 e. The Labute approximate surface area is 103 Å². The summed E-state index contributed by atoms with van der Waals surface area (Å²) in [5.41, 5.74) is -2.45. The first-order chi connectivity index (χ1) is 8.47. The number of hydrogen-bond acceptors (Lipinski definition) is 3. The first-order valence-corrected chi connectivity index (χ1v) is 5.24. The highest BCUT2D eigenvalue weighted by Crippen LogP contribution is 2.17. The predicted molar refractivity (Wildman–Crippen MR) is 59.8 cm³/mol. The third-order valence-electron chi connectivity index (χ3n) is 2.38. The fourth-order valence-electron chi connectivity index (χ4n) is 1.28. The summed E-state index contributed by atoms with van der Waals surface area (Å²) in [4.78, 5) is 21.0. The van der Waals surface area contributed by atoms with Gasteiger partial charge in [-0.3, -0.25) is 0 Å². The molecule has 1 rings (SSSR count). The lowest BCUT2D eigenvalue weighted by molar-refractivity contribution is -0.168. The minimum Gasteiger partial charge on any atom is -0.478 e. The molecule has 0 unspecified atom stereocenters. The maximum Gasteiger partial charge on any atom is 0.353 e. The molecular formula is C12H13FO5. The molecule has 0 aromatic heterocycles. The summed E-state index contributed by atoms with van der Waals surface area (Å²) in [6, 6.07) is 9.00. The number of hydrogen-bond donors (Lipinski definition) is 2. The third kappa shape index (κ3) is 3.53. The van der Waals surface area contributed by atoms with Crippen LogP contribution in [0.3, 0.4) is 0 Å². The lowest BCUT2D eigenvalue weighted by Crippen LogP contribution is -2.43. The molecular weight excluding hydrogens is 243 g/mol. The number of ether oxygens (including phenoxy) is 1. The Kier molecular flexibility index (Phi) is 4.79. The number of carbonyl (C=O) groups is 2. The molecule has 0 aliphatic rings. The summed E-state index contributed by atoms with van der Waals surface area (Å²) in [6.07, 6.45) is -0.732. The molecule has 0 spiro atoms. The average Bonchev–Trinajstić information content (AvgIpc) is 2.35. The van der Waals surface area contributed by atoms with Crippen molar-refractivity contribution in [3.05, 3.63) is 35.9 Å². The molecule has 0 heterocycles. The Morgan fingerprint density at radius 2 is 1.72 bits per heavy atom. The molecule has 0 saturated carbocycles. The monoisotopic (exact) mass is 256 g/mol. The van der Waals surface area contributed by atoms with E-state index in [9.17, 15) is 14.0 Å². The van der Waals surface area contributed by atoms with Crippen LogP contribution in [-0.4, -0.2) is 34.4 Å². The lowest BCUT2D eigenvalue weighted by atomic mass is 10.0. The van der Waals surface area contributed by atoms with Crippen LogP contribution in [0.4, 0.5) is 4.39 Å². The Hall–Kier alpha value is -1.95. The molecule has 0 radical (unpaired) electrons. The van der Waals surface area contributed by atoms with Crippen LogP contribution in [0.25, 0.3) is 0 Å². The first kappa shape index (κ1) is 14.1. The van der Waals surface area contributed by atoms with Crippen LogP contribution >= 0.6 is 0 Å². The maximum atomic E-state index is 13.5. The van der Waals surface area contributed by atoms with E-state index in [-0.39, 0.29) is 13.2 Å². The first-order valence-electron chi connectivity index (χ1n) is 5.24. The van der Waals surface area contributed by atoms with E-state index in [4.69, 9.17) is 14.9 Å². The molecule has 0 aliphatic carbocycles. The topological polar surface area (TPSA) is 83.8 Å². The number of carboxylic acids is 2. The number of benzene rings is 1. The van der Waals surface area contributed by atoms with Gasteiger partial charge in [-0.15, -0.1) is 0 Å². The van der Waals surface area contributed by atoms with Gasteiger partial charge in [0.15, 0.2) is 0 Å². The Balaban J connectivity index is 2.41. The van der Waals surface area contributed by atoms with Gasteiger partial charge in [0, 0.05) is 6.42 Å². The molecule has 5 nitrogen and oxygen atoms in total. The summed E-state index contributed by atoms with van der Waals surface area (Å²) >= 11 is 0. The van der Waals surface area contributed by atoms with E-state index in [1.54, 1.807) is 24.3 Å². The molecule has 0 fully saturated rings. The quantitative estimate of drug-likeness (QED) is 0.570. The molecule has 0 amide bonds. The highest BCUT2D eigenvalue weighted by molar-refractivity contribution is 6.01. The third-order valence-corrected chi connectivity index (χ3v) is 2.38. The van der Waals surface area contributed by atoms with Crippen LogP contribution in [0, 0.1) is 0 Å². The van der Waals surface area contributed by atoms with Crippen LogP contribution in [0.15, 0.2) is 30.3 Å². The van der Waals surface area contributed by atoms with Crippen LogP contribution in [-0.2, 0) is 20.9 Å². The van der Waals surface area contributed by atoms with Crippen LogP contribution in [0.1, 0.15) is 12.0 Å². The number of aliphatic carboxylic acids is 2. The van der Waals surface area contributed by atoms with E-state index in [0.717, 1.165) is 5.56 Å². The van der Waals surface area contributed by atoms with Gasteiger partial charge in [0.2, 0.25) is 0 Å². The van der Waals surface area contributed by atoms with Crippen molar-refractivity contribution < 1.29 is 28.9 Å². The van der Waals surface area contributed by atoms with Gasteiger partial charge in [0.25, 0.3) is 0 Å². The number of alkyl halides is 1. The fourth-order valence-corrected chi connectivity index (χ4v) is 1.28. The van der Waals surface area contributed by atoms with Crippen molar-refractivity contribution >= 4 is 11.9 Å². The Morgan fingerprint density at radius 3 is 2.22 bits per heavy atom. The van der Waals surface area contributed by atoms with Crippen LogP contribution in [0.5, 0.6) is 0 Å². The molecule has 1 aromatic carbocycles. The summed E-state index contributed by atoms with van der Waals surface area (Å²) in [5.74, 6) is -4.03. The zero-order valence-corrected chi connectivity index (χ0v) is 9.51. The van der Waals surface area contributed by atoms with E-state index in [1.807, 2.05) is 6.07 Å². The molecule has 2 N–H and O–H groups in total. The van der Waals surface area contributed by atoms with E-state index in [1.165, 1.54) is 0 Å². The molecule has 0 aliphatic heterocycles. The van der Waals surface area contributed by atoms with Gasteiger partial charge in [-0.2, -0.15) is 0 Å². The van der Waals surface area contributed by atoms with Crippen LogP contribution in [0.2, 0.25) is 0 Å². The SMILES string of the molecule is O=C(O)C(F)(CCOCc1ccccc1)C(=O)O. The lowest BCUT2D eigenvalue weighted by Gasteiger charge is -2.15. The van der Waals surface area contributed by atoms with Gasteiger partial charge in [-0.05, 0) is 5.56 Å². The molecule has 98 valence electrons. The summed E-state index contributed by atoms with van der Waals surface area (Å²) in [6.45, 7) is -0.111. The molecule has 0 atom stereocenters. The second-order valence-corrected chi connectivity index (χ2v) is 3.70. The van der Waals surface area contributed by atoms with E-state index in [0.29, 0.717) is 0 Å². The van der Waals surface area contributed by atoms with Crippen molar-refractivity contribution in [2.45, 2.75) is 18.7 Å². The van der Waals surface area contributed by atoms with Crippen molar-refractivity contribution in [2.24, 2.45) is 0 Å². The highest BCUT2D eigenvalue weighted by Gasteiger charge is 2.47. The minimum absolute atomic E-state index is 0.177. The molecule has 6 heteroatoms. The second-order valence-electron chi connectivity index (χ2n) is 3.70. The standard InChI is InChI=1S/C12H13FO5/c13-12(10(14)15,11(16)17)6-7-18-8-9-4-2-1-3-5-9/h1-5H,6-8H2,(H,14,15)(H,16,17). The second kappa shape index (κ2) is 6.11. The molecule has 1 aromatic rings. The highest BCUT2D eigenvalue weighted by atomic mass is 19.1. The minimum atomic E-state index is -3.29. The zero-order valence-electron chi connectivity index (χ0n) is 9.51. The molecule has 18 heavy (non-hydrogen) atoms. The van der Waals surface area contributed by atoms with Gasteiger partial charge >= 0.3 is 17.6 Å². The van der Waals surface area contributed by atoms with Gasteiger partial charge in [0.1, 0.15) is 0 Å². The fraction of sp³-hybridized carbons (Fsp3) is 0.333. The number of rotatable bonds is 7. The van der Waals surface area contributed by atoms with Crippen molar-refractivity contribution in [1.82, 2.24) is 0 Å². The maximum absolute atomic E-state index is 13.5. The molecule has 0 bridgehead atoms. The summed E-state index contributed by atoms with van der Waals surface area (Å²) in [7, 11) is 0.